The molecule has 15 heavy (non-hydrogen) atoms. The van der Waals surface area contributed by atoms with Crippen molar-refractivity contribution in [3.05, 3.63) is 11.3 Å². The molecule has 0 amide bonds. The number of carboxylic acids is 1. The predicted octanol–water partition coefficient (Wildman–Crippen LogP) is 1.76. The van der Waals surface area contributed by atoms with E-state index in [-0.39, 0.29) is 11.1 Å². The first kappa shape index (κ1) is 14.0. The number of hydrogen-bond acceptors (Lipinski definition) is 3. The molecule has 0 unspecified atom stereocenters. The molecule has 0 bridgehead atoms. The molecule has 0 fully saturated rings. The molecular formula is C11H21NO3. The molecule has 0 aliphatic heterocycles. The number of ether oxygens (including phenoxy) is 1. The summed E-state index contributed by atoms with van der Waals surface area (Å²) >= 11 is 0. The van der Waals surface area contributed by atoms with Gasteiger partial charge in [-0.1, -0.05) is 20.8 Å². The van der Waals surface area contributed by atoms with Crippen LogP contribution in [0, 0.1) is 5.41 Å². The van der Waals surface area contributed by atoms with Crippen LogP contribution in [0.15, 0.2) is 11.3 Å². The molecule has 0 spiro atoms. The van der Waals surface area contributed by atoms with Crippen molar-refractivity contribution in [1.29, 1.82) is 0 Å². The number of aliphatic carboxylic acids is 1. The lowest BCUT2D eigenvalue weighted by molar-refractivity contribution is -0.132. The van der Waals surface area contributed by atoms with Crippen molar-refractivity contribution in [3.8, 4) is 0 Å². The third-order valence-corrected chi connectivity index (χ3v) is 2.46. The van der Waals surface area contributed by atoms with Gasteiger partial charge >= 0.3 is 5.97 Å². The van der Waals surface area contributed by atoms with Crippen LogP contribution in [-0.4, -0.2) is 24.3 Å². The highest BCUT2D eigenvalue weighted by Gasteiger charge is 2.24. The maximum absolute atomic E-state index is 10.7. The molecule has 0 heterocycles. The Bertz CT molecular complexity index is 257. The Morgan fingerprint density at radius 2 is 2.00 bits per heavy atom. The van der Waals surface area contributed by atoms with Gasteiger partial charge in [-0.25, -0.2) is 4.79 Å². The van der Waals surface area contributed by atoms with Crippen molar-refractivity contribution in [1.82, 2.24) is 0 Å². The smallest absolute Gasteiger partial charge is 0.351 e. The van der Waals surface area contributed by atoms with Gasteiger partial charge in [0.05, 0.1) is 6.61 Å². The summed E-state index contributed by atoms with van der Waals surface area (Å²) < 4.78 is 5.42. The Morgan fingerprint density at radius 3 is 2.40 bits per heavy atom. The largest absolute Gasteiger partial charge is 0.477 e. The molecule has 0 radical (unpaired) electrons. The van der Waals surface area contributed by atoms with E-state index < -0.39 is 5.97 Å². The fourth-order valence-electron chi connectivity index (χ4n) is 1.10. The monoisotopic (exact) mass is 215 g/mol. The lowest BCUT2D eigenvalue weighted by Gasteiger charge is -2.26. The molecule has 0 saturated heterocycles. The minimum Gasteiger partial charge on any atom is -0.477 e. The summed E-state index contributed by atoms with van der Waals surface area (Å²) in [5, 5.41) is 8.76. The third-order valence-electron chi connectivity index (χ3n) is 2.46. The van der Waals surface area contributed by atoms with Crippen molar-refractivity contribution in [2.75, 3.05) is 13.2 Å². The van der Waals surface area contributed by atoms with Crippen molar-refractivity contribution in [2.24, 2.45) is 11.1 Å². The zero-order valence-electron chi connectivity index (χ0n) is 9.96. The number of carboxylic acid groups (broad SMARTS) is 1. The van der Waals surface area contributed by atoms with Crippen molar-refractivity contribution >= 4 is 5.97 Å². The molecule has 3 N–H and O–H groups in total. The highest BCUT2D eigenvalue weighted by atomic mass is 16.5. The quantitative estimate of drug-likeness (QED) is 0.523. The molecule has 88 valence electrons. The van der Waals surface area contributed by atoms with Crippen LogP contribution in [0.25, 0.3) is 0 Å². The lowest BCUT2D eigenvalue weighted by Crippen LogP contribution is -2.26. The van der Waals surface area contributed by atoms with E-state index in [1.54, 1.807) is 6.92 Å². The molecule has 0 aliphatic rings. The van der Waals surface area contributed by atoms with Gasteiger partial charge in [-0.2, -0.15) is 0 Å². The summed E-state index contributed by atoms with van der Waals surface area (Å²) in [5.41, 5.74) is 5.71. The van der Waals surface area contributed by atoms with E-state index in [4.69, 9.17) is 15.6 Å². The second-order valence-corrected chi connectivity index (χ2v) is 4.28. The maximum Gasteiger partial charge on any atom is 0.351 e. The minimum absolute atomic E-state index is 0.0832. The Labute approximate surface area is 91.1 Å². The SMILES string of the molecule is CCCOCC(C)(C)/C(C)=C(/N)C(=O)O. The van der Waals surface area contributed by atoms with Gasteiger partial charge < -0.3 is 15.6 Å². The van der Waals surface area contributed by atoms with Crippen molar-refractivity contribution in [2.45, 2.75) is 34.1 Å². The summed E-state index contributed by atoms with van der Waals surface area (Å²) in [6, 6.07) is 0. The van der Waals surface area contributed by atoms with Crippen LogP contribution in [0.4, 0.5) is 0 Å². The van der Waals surface area contributed by atoms with Crippen LogP contribution >= 0.6 is 0 Å². The normalized spacial score (nSPS) is 13.6. The van der Waals surface area contributed by atoms with E-state index >= 15 is 0 Å². The van der Waals surface area contributed by atoms with Gasteiger partial charge in [0.1, 0.15) is 5.70 Å². The standard InChI is InChI=1S/C11H21NO3/c1-5-6-15-7-11(3,4)8(2)9(12)10(13)14/h5-7,12H2,1-4H3,(H,13,14)/b9-8+. The number of nitrogens with two attached hydrogens (primary N) is 1. The van der Waals surface area contributed by atoms with Crippen LogP contribution in [0.2, 0.25) is 0 Å². The fourth-order valence-corrected chi connectivity index (χ4v) is 1.10. The summed E-state index contributed by atoms with van der Waals surface area (Å²) in [5.74, 6) is -1.07. The van der Waals surface area contributed by atoms with Crippen LogP contribution in [0.3, 0.4) is 0 Å². The first-order valence-corrected chi connectivity index (χ1v) is 5.10. The first-order valence-electron chi connectivity index (χ1n) is 5.10. The number of hydrogen-bond donors (Lipinski definition) is 2. The highest BCUT2D eigenvalue weighted by Crippen LogP contribution is 2.27. The van der Waals surface area contributed by atoms with E-state index in [2.05, 4.69) is 0 Å². The second kappa shape index (κ2) is 5.75. The van der Waals surface area contributed by atoms with E-state index in [1.165, 1.54) is 0 Å². The van der Waals surface area contributed by atoms with E-state index in [9.17, 15) is 4.79 Å². The molecule has 4 heteroatoms. The molecule has 0 rings (SSSR count). The average molecular weight is 215 g/mol. The van der Waals surface area contributed by atoms with Crippen LogP contribution in [-0.2, 0) is 9.53 Å². The molecule has 0 saturated carbocycles. The topological polar surface area (TPSA) is 72.5 Å². The summed E-state index contributed by atoms with van der Waals surface area (Å²) in [6.07, 6.45) is 0.952. The van der Waals surface area contributed by atoms with E-state index in [0.717, 1.165) is 6.42 Å². The van der Waals surface area contributed by atoms with E-state index in [0.29, 0.717) is 18.8 Å². The van der Waals surface area contributed by atoms with Crippen LogP contribution < -0.4 is 5.73 Å². The number of carbonyl (C=O) groups is 1. The molecule has 0 aromatic carbocycles. The first-order chi connectivity index (χ1) is 6.83. The Kier molecular flexibility index (Phi) is 5.36. The molecule has 0 aliphatic carbocycles. The molecule has 0 aromatic rings. The van der Waals surface area contributed by atoms with Gasteiger partial charge in [0.15, 0.2) is 0 Å². The summed E-state index contributed by atoms with van der Waals surface area (Å²) in [6.45, 7) is 8.78. The maximum atomic E-state index is 10.7. The Balaban J connectivity index is 4.57. The van der Waals surface area contributed by atoms with Crippen LogP contribution in [0.5, 0.6) is 0 Å². The third kappa shape index (κ3) is 4.34. The molecule has 0 atom stereocenters. The van der Waals surface area contributed by atoms with Gasteiger partial charge in [0, 0.05) is 12.0 Å². The van der Waals surface area contributed by atoms with Gasteiger partial charge in [-0.15, -0.1) is 0 Å². The lowest BCUT2D eigenvalue weighted by atomic mass is 9.85. The average Bonchev–Trinajstić information content (AvgIpc) is 2.15. The fraction of sp³-hybridized carbons (Fsp3) is 0.727. The molecule has 4 nitrogen and oxygen atoms in total. The van der Waals surface area contributed by atoms with Crippen LogP contribution in [0.1, 0.15) is 34.1 Å². The molecule has 0 aromatic heterocycles. The summed E-state index contributed by atoms with van der Waals surface area (Å²) in [7, 11) is 0. The minimum atomic E-state index is -1.07. The zero-order valence-corrected chi connectivity index (χ0v) is 9.96. The number of rotatable bonds is 6. The Hall–Kier alpha value is -1.03. The predicted molar refractivity (Wildman–Crippen MR) is 59.4 cm³/mol. The highest BCUT2D eigenvalue weighted by molar-refractivity contribution is 5.86. The van der Waals surface area contributed by atoms with Gasteiger partial charge in [0.25, 0.3) is 0 Å². The second-order valence-electron chi connectivity index (χ2n) is 4.28. The van der Waals surface area contributed by atoms with Crippen molar-refractivity contribution in [3.63, 3.8) is 0 Å². The zero-order chi connectivity index (χ0) is 12.1. The van der Waals surface area contributed by atoms with Gasteiger partial charge in [0.2, 0.25) is 0 Å². The Morgan fingerprint density at radius 1 is 1.47 bits per heavy atom. The summed E-state index contributed by atoms with van der Waals surface area (Å²) in [4.78, 5) is 10.7. The van der Waals surface area contributed by atoms with Crippen molar-refractivity contribution < 1.29 is 14.6 Å². The van der Waals surface area contributed by atoms with Gasteiger partial charge in [-0.3, -0.25) is 0 Å². The van der Waals surface area contributed by atoms with E-state index in [1.807, 2.05) is 20.8 Å². The van der Waals surface area contributed by atoms with Gasteiger partial charge in [-0.05, 0) is 18.9 Å². The molecular weight excluding hydrogens is 194 g/mol.